The van der Waals surface area contributed by atoms with Gasteiger partial charge in [-0.05, 0) is 42.9 Å². The van der Waals surface area contributed by atoms with Crippen molar-refractivity contribution in [2.75, 3.05) is 5.32 Å². The van der Waals surface area contributed by atoms with Crippen LogP contribution in [0.1, 0.15) is 16.7 Å². The third-order valence-corrected chi connectivity index (χ3v) is 3.49. The monoisotopic (exact) mass is 336 g/mol. The van der Waals surface area contributed by atoms with Crippen LogP contribution in [0.2, 0.25) is 0 Å². The van der Waals surface area contributed by atoms with Crippen LogP contribution in [0.5, 0.6) is 5.75 Å². The van der Waals surface area contributed by atoms with Crippen LogP contribution in [0.4, 0.5) is 11.4 Å². The van der Waals surface area contributed by atoms with Gasteiger partial charge < -0.3 is 10.4 Å². The van der Waals surface area contributed by atoms with Crippen LogP contribution < -0.4 is 10.4 Å². The summed E-state index contributed by atoms with van der Waals surface area (Å²) in [6.45, 7) is 3.75. The van der Waals surface area contributed by atoms with Crippen molar-refractivity contribution >= 4 is 23.4 Å². The Labute approximate surface area is 144 Å². The minimum atomic E-state index is -0.804. The van der Waals surface area contributed by atoms with Gasteiger partial charge in [0, 0.05) is 11.8 Å². The second-order valence-electron chi connectivity index (χ2n) is 5.43. The van der Waals surface area contributed by atoms with E-state index in [0.29, 0.717) is 5.69 Å². The number of carbonyl (C=O) groups excluding carboxylic acids is 1. The van der Waals surface area contributed by atoms with Gasteiger partial charge in [0.15, 0.2) is 0 Å². The second-order valence-corrected chi connectivity index (χ2v) is 5.43. The molecule has 0 aliphatic carbocycles. The Bertz CT molecular complexity index is 926. The quantitative estimate of drug-likeness (QED) is 0.398. The molecule has 126 valence electrons. The lowest BCUT2D eigenvalue weighted by molar-refractivity contribution is -0.398. The van der Waals surface area contributed by atoms with Crippen molar-refractivity contribution in [1.29, 1.82) is 5.26 Å². The van der Waals surface area contributed by atoms with E-state index in [2.05, 4.69) is 5.32 Å². The Hall–Kier alpha value is -3.66. The van der Waals surface area contributed by atoms with E-state index in [1.54, 1.807) is 12.1 Å². The molecule has 7 heteroatoms. The number of anilines is 1. The lowest BCUT2D eigenvalue weighted by Crippen LogP contribution is -2.14. The van der Waals surface area contributed by atoms with Gasteiger partial charge in [0.1, 0.15) is 11.6 Å². The molecule has 0 radical (unpaired) electrons. The summed E-state index contributed by atoms with van der Waals surface area (Å²) >= 11 is 0. The van der Waals surface area contributed by atoms with Gasteiger partial charge in [-0.3, -0.25) is 14.9 Å². The summed E-state index contributed by atoms with van der Waals surface area (Å²) in [4.78, 5) is 22.3. The largest absolute Gasteiger partial charge is 0.868 e. The fourth-order valence-corrected chi connectivity index (χ4v) is 2.23. The third kappa shape index (κ3) is 4.20. The number of hydrogen-bond acceptors (Lipinski definition) is 5. The summed E-state index contributed by atoms with van der Waals surface area (Å²) in [5, 5.41) is 34.1. The molecule has 0 spiro atoms. The van der Waals surface area contributed by atoms with Crippen LogP contribution in [0, 0.1) is 35.3 Å². The van der Waals surface area contributed by atoms with Gasteiger partial charge in [0.05, 0.1) is 4.92 Å². The zero-order valence-electron chi connectivity index (χ0n) is 13.6. The van der Waals surface area contributed by atoms with Gasteiger partial charge >= 0.3 is 0 Å². The van der Waals surface area contributed by atoms with Crippen LogP contribution >= 0.6 is 0 Å². The Morgan fingerprint density at radius 2 is 1.96 bits per heavy atom. The molecule has 0 saturated heterocycles. The minimum Gasteiger partial charge on any atom is -0.868 e. The average Bonchev–Trinajstić information content (AvgIpc) is 2.56. The van der Waals surface area contributed by atoms with Crippen molar-refractivity contribution in [1.82, 2.24) is 0 Å². The average molecular weight is 336 g/mol. The van der Waals surface area contributed by atoms with Gasteiger partial charge in [-0.1, -0.05) is 29.8 Å². The van der Waals surface area contributed by atoms with E-state index in [1.165, 1.54) is 12.1 Å². The van der Waals surface area contributed by atoms with Crippen molar-refractivity contribution in [2.24, 2.45) is 0 Å². The molecule has 2 aromatic carbocycles. The Morgan fingerprint density at radius 3 is 2.56 bits per heavy atom. The van der Waals surface area contributed by atoms with E-state index >= 15 is 0 Å². The summed E-state index contributed by atoms with van der Waals surface area (Å²) in [6.07, 6.45) is 1.20. The predicted molar refractivity (Wildman–Crippen MR) is 90.7 cm³/mol. The highest BCUT2D eigenvalue weighted by atomic mass is 16.6. The molecule has 7 nitrogen and oxygen atoms in total. The number of rotatable bonds is 4. The molecule has 25 heavy (non-hydrogen) atoms. The molecular formula is C18H14N3O4-. The first kappa shape index (κ1) is 17.7. The maximum Gasteiger partial charge on any atom is 0.266 e. The number of hydrogen-bond donors (Lipinski definition) is 1. The second kappa shape index (κ2) is 7.27. The van der Waals surface area contributed by atoms with Crippen LogP contribution in [0.15, 0.2) is 42.0 Å². The molecule has 0 aromatic heterocycles. The van der Waals surface area contributed by atoms with Crippen molar-refractivity contribution in [2.45, 2.75) is 13.8 Å². The maximum absolute atomic E-state index is 12.3. The number of nitriles is 1. The molecule has 0 bridgehead atoms. The van der Waals surface area contributed by atoms with Gasteiger partial charge in [-0.25, -0.2) is 0 Å². The number of benzene rings is 2. The standard InChI is InChI=1S/C18H15N3O4/c1-11-3-5-15(12(2)7-11)20-18(23)14(10-19)8-13-4-6-17(22)16(9-13)21(24)25/h3-9,22H,1-2H3,(H,20,23)/p-1/b14-8+. The van der Waals surface area contributed by atoms with Crippen LogP contribution in [-0.2, 0) is 4.79 Å². The molecule has 0 aliphatic heterocycles. The highest BCUT2D eigenvalue weighted by molar-refractivity contribution is 6.10. The van der Waals surface area contributed by atoms with Crippen molar-refractivity contribution in [3.8, 4) is 11.8 Å². The fourth-order valence-electron chi connectivity index (χ4n) is 2.23. The van der Waals surface area contributed by atoms with E-state index in [1.807, 2.05) is 26.0 Å². The summed E-state index contributed by atoms with van der Waals surface area (Å²) in [6, 6.07) is 10.6. The van der Waals surface area contributed by atoms with E-state index < -0.39 is 22.3 Å². The third-order valence-electron chi connectivity index (χ3n) is 3.49. The summed E-state index contributed by atoms with van der Waals surface area (Å²) in [5.74, 6) is -1.37. The van der Waals surface area contributed by atoms with E-state index in [4.69, 9.17) is 0 Å². The molecule has 0 heterocycles. The zero-order chi connectivity index (χ0) is 18.6. The van der Waals surface area contributed by atoms with Gasteiger partial charge in [0.25, 0.3) is 11.6 Å². The van der Waals surface area contributed by atoms with Crippen molar-refractivity contribution in [3.05, 3.63) is 68.8 Å². The van der Waals surface area contributed by atoms with Crippen LogP contribution in [0.25, 0.3) is 6.08 Å². The Morgan fingerprint density at radius 1 is 1.24 bits per heavy atom. The topological polar surface area (TPSA) is 119 Å². The number of carbonyl (C=O) groups is 1. The van der Waals surface area contributed by atoms with E-state index in [0.717, 1.165) is 23.3 Å². The SMILES string of the molecule is Cc1ccc(NC(=O)/C(C#N)=C/c2ccc([O-])c([N+](=O)[O-])c2)c(C)c1. The van der Waals surface area contributed by atoms with E-state index in [-0.39, 0.29) is 11.1 Å². The maximum atomic E-state index is 12.3. The first-order chi connectivity index (χ1) is 11.8. The fraction of sp³-hybridized carbons (Fsp3) is 0.111. The molecular weight excluding hydrogens is 322 g/mol. The normalized spacial score (nSPS) is 10.8. The summed E-state index contributed by atoms with van der Waals surface area (Å²) in [7, 11) is 0. The van der Waals surface area contributed by atoms with E-state index in [9.17, 15) is 25.3 Å². The molecule has 1 N–H and O–H groups in total. The number of nitrogens with one attached hydrogen (secondary N) is 1. The van der Waals surface area contributed by atoms with Crippen LogP contribution in [-0.4, -0.2) is 10.8 Å². The molecule has 0 aliphatic rings. The molecule has 1 amide bonds. The molecule has 0 unspecified atom stereocenters. The molecule has 0 atom stereocenters. The number of nitro groups is 1. The Kier molecular flexibility index (Phi) is 5.15. The van der Waals surface area contributed by atoms with Gasteiger partial charge in [-0.15, -0.1) is 0 Å². The number of amides is 1. The summed E-state index contributed by atoms with van der Waals surface area (Å²) in [5.41, 5.74) is 1.83. The first-order valence-electron chi connectivity index (χ1n) is 7.27. The van der Waals surface area contributed by atoms with Gasteiger partial charge in [-0.2, -0.15) is 5.26 Å². The number of aryl methyl sites for hydroxylation is 2. The molecule has 2 rings (SSSR count). The van der Waals surface area contributed by atoms with Crippen molar-refractivity contribution in [3.63, 3.8) is 0 Å². The highest BCUT2D eigenvalue weighted by Crippen LogP contribution is 2.25. The highest BCUT2D eigenvalue weighted by Gasteiger charge is 2.13. The molecule has 2 aromatic rings. The summed E-state index contributed by atoms with van der Waals surface area (Å²) < 4.78 is 0. The predicted octanol–water partition coefficient (Wildman–Crippen LogP) is 2.83. The van der Waals surface area contributed by atoms with Crippen molar-refractivity contribution < 1.29 is 14.8 Å². The Balaban J connectivity index is 2.31. The minimum absolute atomic E-state index is 0.221. The lowest BCUT2D eigenvalue weighted by Gasteiger charge is -2.09. The first-order valence-corrected chi connectivity index (χ1v) is 7.27. The zero-order valence-corrected chi connectivity index (χ0v) is 13.6. The van der Waals surface area contributed by atoms with Crippen LogP contribution in [0.3, 0.4) is 0 Å². The molecule has 0 fully saturated rings. The molecule has 0 saturated carbocycles. The number of nitrogens with zero attached hydrogens (tertiary/aromatic N) is 2. The smallest absolute Gasteiger partial charge is 0.266 e. The lowest BCUT2D eigenvalue weighted by atomic mass is 10.1. The number of nitro benzene ring substituents is 1. The van der Waals surface area contributed by atoms with Gasteiger partial charge in [0.2, 0.25) is 0 Å².